The number of rotatable bonds is 6. The van der Waals surface area contributed by atoms with E-state index in [4.69, 9.17) is 9.47 Å². The lowest BCUT2D eigenvalue weighted by atomic mass is 9.87. The molecule has 0 aromatic heterocycles. The number of benzene rings is 1. The molecule has 1 aliphatic carbocycles. The van der Waals surface area contributed by atoms with E-state index in [0.717, 1.165) is 12.8 Å². The molecule has 1 atom stereocenters. The van der Waals surface area contributed by atoms with Crippen molar-refractivity contribution in [1.29, 1.82) is 5.26 Å². The van der Waals surface area contributed by atoms with Crippen LogP contribution in [0.15, 0.2) is 24.3 Å². The number of nitrogens with one attached hydrogen (secondary N) is 1. The minimum Gasteiger partial charge on any atom is -0.479 e. The lowest BCUT2D eigenvalue weighted by Gasteiger charge is -2.22. The number of hydrogen-bond acceptors (Lipinski definition) is 5. The Morgan fingerprint density at radius 1 is 1.22 bits per heavy atom. The summed E-state index contributed by atoms with van der Waals surface area (Å²) in [6, 6.07) is 9.72. The molecule has 0 radical (unpaired) electrons. The van der Waals surface area contributed by atoms with Gasteiger partial charge in [-0.3, -0.25) is 4.79 Å². The molecule has 146 valence electrons. The third-order valence-electron chi connectivity index (χ3n) is 4.76. The smallest absolute Gasteiger partial charge is 0.347 e. The summed E-state index contributed by atoms with van der Waals surface area (Å²) in [5.74, 6) is -0.526. The van der Waals surface area contributed by atoms with Crippen molar-refractivity contribution in [2.45, 2.75) is 70.4 Å². The lowest BCUT2D eigenvalue weighted by Crippen LogP contribution is -2.47. The fourth-order valence-corrected chi connectivity index (χ4v) is 3.09. The van der Waals surface area contributed by atoms with Crippen LogP contribution in [0.5, 0.6) is 5.75 Å². The van der Waals surface area contributed by atoms with Crippen molar-refractivity contribution in [2.75, 3.05) is 6.61 Å². The highest BCUT2D eigenvalue weighted by molar-refractivity contribution is 5.82. The van der Waals surface area contributed by atoms with Gasteiger partial charge in [0.15, 0.2) is 12.7 Å². The number of esters is 1. The molecule has 27 heavy (non-hydrogen) atoms. The molecule has 0 spiro atoms. The average Bonchev–Trinajstić information content (AvgIpc) is 3.08. The van der Waals surface area contributed by atoms with Crippen LogP contribution in [0.4, 0.5) is 0 Å². The van der Waals surface area contributed by atoms with Crippen LogP contribution in [0.2, 0.25) is 0 Å². The number of carbonyl (C=O) groups excluding carboxylic acids is 2. The molecule has 1 fully saturated rings. The fourth-order valence-electron chi connectivity index (χ4n) is 3.09. The molecule has 1 amide bonds. The van der Waals surface area contributed by atoms with E-state index in [9.17, 15) is 14.9 Å². The van der Waals surface area contributed by atoms with E-state index in [1.54, 1.807) is 6.92 Å². The topological polar surface area (TPSA) is 88.4 Å². The predicted octanol–water partition coefficient (Wildman–Crippen LogP) is 3.25. The summed E-state index contributed by atoms with van der Waals surface area (Å²) in [5.41, 5.74) is 0.386. The zero-order valence-electron chi connectivity index (χ0n) is 16.5. The van der Waals surface area contributed by atoms with E-state index in [-0.39, 0.29) is 5.41 Å². The highest BCUT2D eigenvalue weighted by Crippen LogP contribution is 2.28. The van der Waals surface area contributed by atoms with Gasteiger partial charge in [0.2, 0.25) is 0 Å². The summed E-state index contributed by atoms with van der Waals surface area (Å²) in [7, 11) is 0. The summed E-state index contributed by atoms with van der Waals surface area (Å²) < 4.78 is 10.6. The number of carbonyl (C=O) groups is 2. The lowest BCUT2D eigenvalue weighted by molar-refractivity contribution is -0.155. The molecule has 0 unspecified atom stereocenters. The standard InChI is InChI=1S/C21H28N2O4/c1-15(27-17-9-7-16(8-10-17)20(2,3)4)19(25)26-13-18(24)23-21(14-22)11-5-6-12-21/h7-10,15H,5-6,11-13H2,1-4H3,(H,23,24)/t15-/m1/s1. The van der Waals surface area contributed by atoms with Crippen LogP contribution in [0.1, 0.15) is 58.9 Å². The Morgan fingerprint density at radius 2 is 1.81 bits per heavy atom. The van der Waals surface area contributed by atoms with Gasteiger partial charge in [0.05, 0.1) is 6.07 Å². The molecule has 0 aliphatic heterocycles. The molecule has 6 nitrogen and oxygen atoms in total. The Morgan fingerprint density at radius 3 is 2.33 bits per heavy atom. The first-order chi connectivity index (χ1) is 12.6. The molecular formula is C21H28N2O4. The normalized spacial score (nSPS) is 16.9. The second kappa shape index (κ2) is 8.43. The molecular weight excluding hydrogens is 344 g/mol. The van der Waals surface area contributed by atoms with Gasteiger partial charge in [0.1, 0.15) is 11.3 Å². The third-order valence-corrected chi connectivity index (χ3v) is 4.76. The van der Waals surface area contributed by atoms with Gasteiger partial charge in [0.25, 0.3) is 5.91 Å². The first-order valence-electron chi connectivity index (χ1n) is 9.31. The van der Waals surface area contributed by atoms with Gasteiger partial charge in [0, 0.05) is 0 Å². The second-order valence-corrected chi connectivity index (χ2v) is 8.09. The van der Waals surface area contributed by atoms with E-state index in [2.05, 4.69) is 32.2 Å². The molecule has 2 rings (SSSR count). The molecule has 1 aliphatic rings. The number of ether oxygens (including phenoxy) is 2. The molecule has 0 bridgehead atoms. The van der Waals surface area contributed by atoms with Crippen molar-refractivity contribution >= 4 is 11.9 Å². The van der Waals surface area contributed by atoms with E-state index < -0.39 is 30.1 Å². The molecule has 1 N–H and O–H groups in total. The Hall–Kier alpha value is -2.55. The Bertz CT molecular complexity index is 707. The van der Waals surface area contributed by atoms with Gasteiger partial charge < -0.3 is 14.8 Å². The third kappa shape index (κ3) is 5.72. The maximum Gasteiger partial charge on any atom is 0.347 e. The van der Waals surface area contributed by atoms with Crippen molar-refractivity contribution in [3.05, 3.63) is 29.8 Å². The number of nitriles is 1. The maximum absolute atomic E-state index is 12.1. The largest absolute Gasteiger partial charge is 0.479 e. The second-order valence-electron chi connectivity index (χ2n) is 8.09. The molecule has 1 aromatic rings. The summed E-state index contributed by atoms with van der Waals surface area (Å²) >= 11 is 0. The minimum absolute atomic E-state index is 0.0382. The van der Waals surface area contributed by atoms with E-state index in [1.165, 1.54) is 5.56 Å². The summed E-state index contributed by atoms with van der Waals surface area (Å²) in [6.07, 6.45) is 2.24. The number of hydrogen-bond donors (Lipinski definition) is 1. The van der Waals surface area contributed by atoms with Crippen LogP contribution in [0, 0.1) is 11.3 Å². The van der Waals surface area contributed by atoms with Crippen LogP contribution in [0.25, 0.3) is 0 Å². The zero-order valence-corrected chi connectivity index (χ0v) is 16.5. The van der Waals surface area contributed by atoms with Crippen molar-refractivity contribution in [2.24, 2.45) is 0 Å². The average molecular weight is 372 g/mol. The molecule has 0 heterocycles. The summed E-state index contributed by atoms with van der Waals surface area (Å²) in [4.78, 5) is 24.1. The predicted molar refractivity (Wildman–Crippen MR) is 101 cm³/mol. The van der Waals surface area contributed by atoms with Crippen molar-refractivity contribution < 1.29 is 19.1 Å². The molecule has 1 aromatic carbocycles. The Labute approximate surface area is 160 Å². The van der Waals surface area contributed by atoms with Crippen LogP contribution in [-0.4, -0.2) is 30.1 Å². The van der Waals surface area contributed by atoms with E-state index >= 15 is 0 Å². The van der Waals surface area contributed by atoms with Crippen molar-refractivity contribution in [3.63, 3.8) is 0 Å². The van der Waals surface area contributed by atoms with Gasteiger partial charge in [-0.15, -0.1) is 0 Å². The van der Waals surface area contributed by atoms with Crippen molar-refractivity contribution in [1.82, 2.24) is 5.32 Å². The van der Waals surface area contributed by atoms with Crippen LogP contribution < -0.4 is 10.1 Å². The maximum atomic E-state index is 12.1. The van der Waals surface area contributed by atoms with Gasteiger partial charge in [-0.25, -0.2) is 4.79 Å². The van der Waals surface area contributed by atoms with Crippen LogP contribution in [0.3, 0.4) is 0 Å². The summed E-state index contributed by atoms with van der Waals surface area (Å²) in [6.45, 7) is 7.52. The van der Waals surface area contributed by atoms with Gasteiger partial charge in [-0.1, -0.05) is 32.9 Å². The van der Waals surface area contributed by atoms with E-state index in [0.29, 0.717) is 18.6 Å². The van der Waals surface area contributed by atoms with Crippen LogP contribution >= 0.6 is 0 Å². The monoisotopic (exact) mass is 372 g/mol. The molecule has 1 saturated carbocycles. The van der Waals surface area contributed by atoms with Crippen LogP contribution in [-0.2, 0) is 19.7 Å². The quantitative estimate of drug-likeness (QED) is 0.775. The molecule has 6 heteroatoms. The van der Waals surface area contributed by atoms with Crippen molar-refractivity contribution in [3.8, 4) is 11.8 Å². The molecule has 0 saturated heterocycles. The number of amides is 1. The van der Waals surface area contributed by atoms with Gasteiger partial charge in [-0.2, -0.15) is 5.26 Å². The fraction of sp³-hybridized carbons (Fsp3) is 0.571. The summed E-state index contributed by atoms with van der Waals surface area (Å²) in [5, 5.41) is 12.0. The van der Waals surface area contributed by atoms with Gasteiger partial charge >= 0.3 is 5.97 Å². The van der Waals surface area contributed by atoms with E-state index in [1.807, 2.05) is 24.3 Å². The minimum atomic E-state index is -0.838. The first kappa shape index (κ1) is 20.8. The Kier molecular flexibility index (Phi) is 6.48. The zero-order chi connectivity index (χ0) is 20.1. The Balaban J connectivity index is 1.81. The first-order valence-corrected chi connectivity index (χ1v) is 9.31. The number of nitrogens with zero attached hydrogens (tertiary/aromatic N) is 1. The van der Waals surface area contributed by atoms with Gasteiger partial charge in [-0.05, 0) is 55.7 Å². The highest BCUT2D eigenvalue weighted by atomic mass is 16.6. The highest BCUT2D eigenvalue weighted by Gasteiger charge is 2.35. The SMILES string of the molecule is C[C@@H](Oc1ccc(C(C)(C)C)cc1)C(=O)OCC(=O)NC1(C#N)CCCC1.